The van der Waals surface area contributed by atoms with Crippen LogP contribution >= 0.6 is 34.8 Å². The van der Waals surface area contributed by atoms with Crippen molar-refractivity contribution in [1.29, 1.82) is 0 Å². The summed E-state index contributed by atoms with van der Waals surface area (Å²) in [6.45, 7) is 4.26. The molecule has 0 saturated carbocycles. The van der Waals surface area contributed by atoms with Crippen LogP contribution in [0.2, 0.25) is 15.2 Å². The van der Waals surface area contributed by atoms with Gasteiger partial charge in [0.15, 0.2) is 17.5 Å². The Balaban J connectivity index is 2.84. The molecular weight excluding hydrogens is 341 g/mol. The number of halogens is 3. The SMILES string of the molecule is CCN(CC)C(=O)COC(=O)c1nc(Cl)c(Cl)c(N)c1Cl. The minimum Gasteiger partial charge on any atom is -0.451 e. The fourth-order valence-corrected chi connectivity index (χ4v) is 2.12. The van der Waals surface area contributed by atoms with E-state index in [2.05, 4.69) is 4.98 Å². The van der Waals surface area contributed by atoms with E-state index >= 15 is 0 Å². The van der Waals surface area contributed by atoms with Crippen LogP contribution in [0.4, 0.5) is 5.69 Å². The Kier molecular flexibility index (Phi) is 6.51. The summed E-state index contributed by atoms with van der Waals surface area (Å²) < 4.78 is 4.87. The number of aromatic nitrogens is 1. The Morgan fingerprint density at radius 1 is 1.19 bits per heavy atom. The number of anilines is 1. The third kappa shape index (κ3) is 4.12. The van der Waals surface area contributed by atoms with Crippen molar-refractivity contribution in [2.24, 2.45) is 0 Å². The van der Waals surface area contributed by atoms with Crippen molar-refractivity contribution >= 4 is 52.4 Å². The number of nitrogens with zero attached hydrogens (tertiary/aromatic N) is 2. The first kappa shape index (κ1) is 17.8. The molecular formula is C12H14Cl3N3O3. The molecule has 6 nitrogen and oxygen atoms in total. The lowest BCUT2D eigenvalue weighted by Gasteiger charge is -2.18. The highest BCUT2D eigenvalue weighted by Crippen LogP contribution is 2.34. The van der Waals surface area contributed by atoms with Gasteiger partial charge in [-0.1, -0.05) is 34.8 Å². The minimum absolute atomic E-state index is 0.0440. The van der Waals surface area contributed by atoms with Crippen molar-refractivity contribution in [2.45, 2.75) is 13.8 Å². The second kappa shape index (κ2) is 7.68. The number of ether oxygens (including phenoxy) is 1. The zero-order valence-electron chi connectivity index (χ0n) is 11.5. The first-order chi connectivity index (χ1) is 9.83. The summed E-state index contributed by atoms with van der Waals surface area (Å²) in [4.78, 5) is 28.9. The van der Waals surface area contributed by atoms with E-state index in [9.17, 15) is 9.59 Å². The number of hydrogen-bond acceptors (Lipinski definition) is 5. The number of esters is 1. The average Bonchev–Trinajstić information content (AvgIpc) is 2.47. The minimum atomic E-state index is -0.897. The van der Waals surface area contributed by atoms with Crippen molar-refractivity contribution in [3.63, 3.8) is 0 Å². The predicted octanol–water partition coefficient (Wildman–Crippen LogP) is 2.65. The lowest BCUT2D eigenvalue weighted by molar-refractivity contribution is -0.134. The second-order valence-electron chi connectivity index (χ2n) is 3.94. The molecule has 1 heterocycles. The van der Waals surface area contributed by atoms with Crippen LogP contribution in [0.5, 0.6) is 0 Å². The molecule has 9 heteroatoms. The van der Waals surface area contributed by atoms with Crippen LogP contribution in [0.25, 0.3) is 0 Å². The molecule has 0 aliphatic carbocycles. The van der Waals surface area contributed by atoms with Gasteiger partial charge < -0.3 is 15.4 Å². The number of carbonyl (C=O) groups excluding carboxylic acids is 2. The zero-order valence-corrected chi connectivity index (χ0v) is 13.7. The van der Waals surface area contributed by atoms with E-state index in [4.69, 9.17) is 45.3 Å². The lowest BCUT2D eigenvalue weighted by atomic mass is 10.3. The molecule has 0 bridgehead atoms. The second-order valence-corrected chi connectivity index (χ2v) is 5.05. The molecule has 0 spiro atoms. The molecule has 1 aromatic rings. The standard InChI is InChI=1S/C12H14Cl3N3O3/c1-3-18(4-2)6(19)5-21-12(20)10-7(13)9(16)8(14)11(15)17-10/h3-5H2,1-2H3,(H2,16,17). The number of pyridine rings is 1. The van der Waals surface area contributed by atoms with Crippen molar-refractivity contribution in [2.75, 3.05) is 25.4 Å². The molecule has 21 heavy (non-hydrogen) atoms. The summed E-state index contributed by atoms with van der Waals surface area (Å²) in [7, 11) is 0. The Hall–Kier alpha value is -1.24. The van der Waals surface area contributed by atoms with E-state index in [-0.39, 0.29) is 32.5 Å². The van der Waals surface area contributed by atoms with Gasteiger partial charge in [0.2, 0.25) is 0 Å². The highest BCUT2D eigenvalue weighted by atomic mass is 35.5. The van der Waals surface area contributed by atoms with Gasteiger partial charge in [0.25, 0.3) is 5.91 Å². The predicted molar refractivity (Wildman–Crippen MR) is 81.9 cm³/mol. The van der Waals surface area contributed by atoms with Gasteiger partial charge >= 0.3 is 5.97 Å². The number of hydrogen-bond donors (Lipinski definition) is 1. The van der Waals surface area contributed by atoms with E-state index in [1.54, 1.807) is 0 Å². The van der Waals surface area contributed by atoms with Crippen molar-refractivity contribution in [1.82, 2.24) is 9.88 Å². The zero-order chi connectivity index (χ0) is 16.2. The Bertz CT molecular complexity index is 562. The summed E-state index contributed by atoms with van der Waals surface area (Å²) in [5.74, 6) is -1.22. The van der Waals surface area contributed by atoms with E-state index in [0.29, 0.717) is 13.1 Å². The van der Waals surface area contributed by atoms with Crippen molar-refractivity contribution < 1.29 is 14.3 Å². The van der Waals surface area contributed by atoms with Gasteiger partial charge in [-0.25, -0.2) is 9.78 Å². The van der Waals surface area contributed by atoms with E-state index < -0.39 is 12.6 Å². The molecule has 0 aromatic carbocycles. The van der Waals surface area contributed by atoms with Crippen LogP contribution in [-0.2, 0) is 9.53 Å². The quantitative estimate of drug-likeness (QED) is 0.649. The third-order valence-corrected chi connectivity index (χ3v) is 3.84. The van der Waals surface area contributed by atoms with E-state index in [0.717, 1.165) is 0 Å². The average molecular weight is 355 g/mol. The van der Waals surface area contributed by atoms with Crippen molar-refractivity contribution in [3.05, 3.63) is 20.9 Å². The summed E-state index contributed by atoms with van der Waals surface area (Å²) in [6, 6.07) is 0. The van der Waals surface area contributed by atoms with Gasteiger partial charge in [-0.3, -0.25) is 4.79 Å². The highest BCUT2D eigenvalue weighted by Gasteiger charge is 2.22. The van der Waals surface area contributed by atoms with Gasteiger partial charge in [0.05, 0.1) is 10.7 Å². The number of likely N-dealkylation sites (N-methyl/N-ethyl adjacent to an activating group) is 1. The maximum atomic E-state index is 11.9. The molecule has 1 rings (SSSR count). The number of nitrogens with two attached hydrogens (primary N) is 1. The molecule has 0 fully saturated rings. The molecule has 0 unspecified atom stereocenters. The van der Waals surface area contributed by atoms with Crippen LogP contribution in [-0.4, -0.2) is 41.5 Å². The van der Waals surface area contributed by atoms with E-state index in [1.165, 1.54) is 4.90 Å². The van der Waals surface area contributed by atoms with Crippen molar-refractivity contribution in [3.8, 4) is 0 Å². The molecule has 2 N–H and O–H groups in total. The number of carbonyl (C=O) groups is 2. The van der Waals surface area contributed by atoms with Gasteiger partial charge in [0.1, 0.15) is 5.02 Å². The summed E-state index contributed by atoms with van der Waals surface area (Å²) in [6.07, 6.45) is 0. The van der Waals surface area contributed by atoms with Crippen LogP contribution in [0, 0.1) is 0 Å². The van der Waals surface area contributed by atoms with Gasteiger partial charge in [-0.05, 0) is 13.8 Å². The Morgan fingerprint density at radius 2 is 1.76 bits per heavy atom. The summed E-state index contributed by atoms with van der Waals surface area (Å²) in [5, 5.41) is -0.372. The van der Waals surface area contributed by atoms with Gasteiger partial charge in [-0.2, -0.15) is 0 Å². The molecule has 0 saturated heterocycles. The maximum absolute atomic E-state index is 11.9. The Labute approximate surface area is 137 Å². The fourth-order valence-electron chi connectivity index (χ4n) is 1.53. The van der Waals surface area contributed by atoms with Crippen LogP contribution in [0.3, 0.4) is 0 Å². The summed E-state index contributed by atoms with van der Waals surface area (Å²) >= 11 is 17.3. The number of nitrogen functional groups attached to an aromatic ring is 1. The molecule has 0 atom stereocenters. The molecule has 1 aromatic heterocycles. The smallest absolute Gasteiger partial charge is 0.359 e. The molecule has 1 amide bonds. The molecule has 0 aliphatic rings. The lowest BCUT2D eigenvalue weighted by Crippen LogP contribution is -2.34. The van der Waals surface area contributed by atoms with Crippen LogP contribution in [0.15, 0.2) is 0 Å². The van der Waals surface area contributed by atoms with Crippen LogP contribution in [0.1, 0.15) is 24.3 Å². The molecule has 116 valence electrons. The van der Waals surface area contributed by atoms with E-state index in [1.807, 2.05) is 13.8 Å². The first-order valence-corrected chi connectivity index (χ1v) is 7.21. The number of rotatable bonds is 5. The molecule has 0 radical (unpaired) electrons. The van der Waals surface area contributed by atoms with Gasteiger partial charge in [0, 0.05) is 13.1 Å². The maximum Gasteiger partial charge on any atom is 0.359 e. The third-order valence-electron chi connectivity index (χ3n) is 2.71. The van der Waals surface area contributed by atoms with Gasteiger partial charge in [-0.15, -0.1) is 0 Å². The number of amides is 1. The Morgan fingerprint density at radius 3 is 2.29 bits per heavy atom. The topological polar surface area (TPSA) is 85.5 Å². The first-order valence-electron chi connectivity index (χ1n) is 6.08. The van der Waals surface area contributed by atoms with Crippen LogP contribution < -0.4 is 5.73 Å². The molecule has 0 aliphatic heterocycles. The largest absolute Gasteiger partial charge is 0.451 e. The normalized spacial score (nSPS) is 10.3. The monoisotopic (exact) mass is 353 g/mol. The fraction of sp³-hybridized carbons (Fsp3) is 0.417. The highest BCUT2D eigenvalue weighted by molar-refractivity contribution is 6.46. The summed E-state index contributed by atoms with van der Waals surface area (Å²) in [5.41, 5.74) is 5.25.